The first-order valence-corrected chi connectivity index (χ1v) is 8.04. The third-order valence-corrected chi connectivity index (χ3v) is 4.74. The van der Waals surface area contributed by atoms with Crippen LogP contribution in [-0.2, 0) is 11.2 Å². The average molecular weight is 379 g/mol. The maximum Gasteiger partial charge on any atom is 0.358 e. The number of aromatic nitrogens is 3. The first-order chi connectivity index (χ1) is 11.1. The summed E-state index contributed by atoms with van der Waals surface area (Å²) in [5.41, 5.74) is 1.12. The van der Waals surface area contributed by atoms with E-state index in [1.165, 1.54) is 0 Å². The number of carbonyl (C=O) groups excluding carboxylic acids is 1. The Hall–Kier alpha value is -2.22. The number of nitrogens with one attached hydrogen (secondary N) is 1. The molecule has 7 nitrogen and oxygen atoms in total. The summed E-state index contributed by atoms with van der Waals surface area (Å²) in [6.45, 7) is 0.597. The largest absolute Gasteiger partial charge is 0.476 e. The van der Waals surface area contributed by atoms with Gasteiger partial charge in [-0.3, -0.25) is 4.79 Å². The molecule has 1 fully saturated rings. The number of aromatic carboxylic acids is 1. The van der Waals surface area contributed by atoms with Gasteiger partial charge in [0.05, 0.1) is 12.5 Å². The third-order valence-electron chi connectivity index (χ3n) is 3.97. The molecule has 1 amide bonds. The van der Waals surface area contributed by atoms with E-state index in [1.807, 2.05) is 24.3 Å². The zero-order valence-electron chi connectivity index (χ0n) is 12.2. The minimum Gasteiger partial charge on any atom is -0.476 e. The van der Waals surface area contributed by atoms with Gasteiger partial charge in [-0.05, 0) is 24.5 Å². The van der Waals surface area contributed by atoms with E-state index in [2.05, 4.69) is 31.3 Å². The van der Waals surface area contributed by atoms with Crippen LogP contribution in [0.15, 0.2) is 28.7 Å². The van der Waals surface area contributed by atoms with Crippen LogP contribution in [0.1, 0.15) is 40.6 Å². The monoisotopic (exact) mass is 378 g/mol. The number of amides is 1. The van der Waals surface area contributed by atoms with E-state index in [0.29, 0.717) is 18.7 Å². The molecular formula is C15H15BrN4O3. The molecule has 2 heterocycles. The van der Waals surface area contributed by atoms with Crippen molar-refractivity contribution in [3.8, 4) is 0 Å². The van der Waals surface area contributed by atoms with Crippen molar-refractivity contribution in [3.05, 3.63) is 45.7 Å². The molecule has 1 aromatic carbocycles. The second kappa shape index (κ2) is 6.49. The van der Waals surface area contributed by atoms with E-state index in [0.717, 1.165) is 16.5 Å². The van der Waals surface area contributed by atoms with Gasteiger partial charge in [-0.1, -0.05) is 34.1 Å². The summed E-state index contributed by atoms with van der Waals surface area (Å²) in [6.07, 6.45) is 1.77. The van der Waals surface area contributed by atoms with Crippen molar-refractivity contribution in [2.45, 2.75) is 25.3 Å². The highest BCUT2D eigenvalue weighted by molar-refractivity contribution is 9.10. The van der Waals surface area contributed by atoms with Crippen LogP contribution in [0.25, 0.3) is 0 Å². The molecule has 1 aliphatic heterocycles. The molecule has 1 atom stereocenters. The number of nitrogens with zero attached hydrogens (tertiary/aromatic N) is 3. The molecule has 23 heavy (non-hydrogen) atoms. The Labute approximate surface area is 140 Å². The molecule has 1 aliphatic rings. The van der Waals surface area contributed by atoms with E-state index in [4.69, 9.17) is 0 Å². The van der Waals surface area contributed by atoms with E-state index < -0.39 is 5.97 Å². The van der Waals surface area contributed by atoms with Gasteiger partial charge in [0.15, 0.2) is 5.69 Å². The quantitative estimate of drug-likeness (QED) is 0.848. The average Bonchev–Trinajstić information content (AvgIpc) is 3.17. The van der Waals surface area contributed by atoms with Crippen molar-refractivity contribution in [2.75, 3.05) is 6.54 Å². The Morgan fingerprint density at radius 1 is 1.35 bits per heavy atom. The maximum atomic E-state index is 12.7. The van der Waals surface area contributed by atoms with Crippen LogP contribution in [0, 0.1) is 0 Å². The summed E-state index contributed by atoms with van der Waals surface area (Å²) in [6, 6.07) is 7.23. The van der Waals surface area contributed by atoms with Crippen molar-refractivity contribution in [1.29, 1.82) is 0 Å². The molecule has 1 saturated heterocycles. The molecule has 1 unspecified atom stereocenters. The highest BCUT2D eigenvalue weighted by Gasteiger charge is 2.35. The lowest BCUT2D eigenvalue weighted by Gasteiger charge is -2.23. The molecule has 0 saturated carbocycles. The first kappa shape index (κ1) is 15.7. The number of H-pyrrole nitrogens is 1. The summed E-state index contributed by atoms with van der Waals surface area (Å²) in [7, 11) is 0. The summed E-state index contributed by atoms with van der Waals surface area (Å²) in [4.78, 5) is 25.6. The molecular weight excluding hydrogens is 364 g/mol. The SMILES string of the molecule is O=C(O)c1n[nH]nc1C1CCCN1C(=O)Cc1ccccc1Br. The fourth-order valence-corrected chi connectivity index (χ4v) is 3.31. The molecule has 120 valence electrons. The third kappa shape index (κ3) is 3.12. The molecule has 0 bridgehead atoms. The molecule has 0 aliphatic carbocycles. The summed E-state index contributed by atoms with van der Waals surface area (Å²) < 4.78 is 0.886. The van der Waals surface area contributed by atoms with Gasteiger partial charge in [0.1, 0.15) is 5.69 Å². The second-order valence-electron chi connectivity index (χ2n) is 5.38. The van der Waals surface area contributed by atoms with Crippen LogP contribution < -0.4 is 0 Å². The Bertz CT molecular complexity index is 746. The first-order valence-electron chi connectivity index (χ1n) is 7.24. The number of halogens is 1. The molecule has 8 heteroatoms. The van der Waals surface area contributed by atoms with Crippen LogP contribution in [0.2, 0.25) is 0 Å². The predicted octanol–water partition coefficient (Wildman–Crippen LogP) is 2.17. The topological polar surface area (TPSA) is 99.2 Å². The van der Waals surface area contributed by atoms with Gasteiger partial charge in [0, 0.05) is 11.0 Å². The fourth-order valence-electron chi connectivity index (χ4n) is 2.88. The molecule has 2 aromatic rings. The number of carbonyl (C=O) groups is 2. The Morgan fingerprint density at radius 2 is 2.13 bits per heavy atom. The maximum absolute atomic E-state index is 12.7. The highest BCUT2D eigenvalue weighted by atomic mass is 79.9. The van der Waals surface area contributed by atoms with Crippen LogP contribution in [-0.4, -0.2) is 43.8 Å². The molecule has 2 N–H and O–H groups in total. The lowest BCUT2D eigenvalue weighted by Crippen LogP contribution is -2.32. The van der Waals surface area contributed by atoms with Crippen molar-refractivity contribution in [2.24, 2.45) is 0 Å². The van der Waals surface area contributed by atoms with Crippen molar-refractivity contribution < 1.29 is 14.7 Å². The lowest BCUT2D eigenvalue weighted by atomic mass is 10.1. The summed E-state index contributed by atoms with van der Waals surface area (Å²) >= 11 is 3.44. The molecule has 1 aromatic heterocycles. The summed E-state index contributed by atoms with van der Waals surface area (Å²) in [5, 5.41) is 19.2. The number of benzene rings is 1. The highest BCUT2D eigenvalue weighted by Crippen LogP contribution is 2.32. The van der Waals surface area contributed by atoms with Gasteiger partial charge in [-0.2, -0.15) is 10.3 Å². The van der Waals surface area contributed by atoms with Crippen LogP contribution in [0.4, 0.5) is 0 Å². The molecule has 0 radical (unpaired) electrons. The number of aromatic amines is 1. The van der Waals surface area contributed by atoms with Crippen molar-refractivity contribution >= 4 is 27.8 Å². The van der Waals surface area contributed by atoms with Crippen LogP contribution >= 0.6 is 15.9 Å². The number of carboxylic acids is 1. The van der Waals surface area contributed by atoms with Crippen molar-refractivity contribution in [1.82, 2.24) is 20.3 Å². The Morgan fingerprint density at radius 3 is 2.87 bits per heavy atom. The number of hydrogen-bond acceptors (Lipinski definition) is 4. The number of rotatable bonds is 4. The molecule has 0 spiro atoms. The van der Waals surface area contributed by atoms with Gasteiger partial charge in [-0.15, -0.1) is 5.10 Å². The smallest absolute Gasteiger partial charge is 0.358 e. The van der Waals surface area contributed by atoms with Gasteiger partial charge >= 0.3 is 5.97 Å². The standard InChI is InChI=1S/C15H15BrN4O3/c16-10-5-2-1-4-9(10)8-12(21)20-7-3-6-11(20)13-14(15(22)23)18-19-17-13/h1-2,4-5,11H,3,6-8H2,(H,22,23)(H,17,18,19). The summed E-state index contributed by atoms with van der Waals surface area (Å²) in [5.74, 6) is -1.18. The van der Waals surface area contributed by atoms with Gasteiger partial charge in [-0.25, -0.2) is 4.79 Å². The van der Waals surface area contributed by atoms with Gasteiger partial charge in [0.25, 0.3) is 0 Å². The zero-order chi connectivity index (χ0) is 16.4. The number of carboxylic acid groups (broad SMARTS) is 1. The minimum absolute atomic E-state index is 0.0428. The number of likely N-dealkylation sites (tertiary alicyclic amines) is 1. The van der Waals surface area contributed by atoms with E-state index in [9.17, 15) is 14.7 Å². The van der Waals surface area contributed by atoms with Crippen molar-refractivity contribution in [3.63, 3.8) is 0 Å². The normalized spacial score (nSPS) is 17.4. The van der Waals surface area contributed by atoms with E-state index in [1.54, 1.807) is 4.90 Å². The van der Waals surface area contributed by atoms with Gasteiger partial charge < -0.3 is 10.0 Å². The van der Waals surface area contributed by atoms with E-state index >= 15 is 0 Å². The minimum atomic E-state index is -1.14. The number of hydrogen-bond donors (Lipinski definition) is 2. The zero-order valence-corrected chi connectivity index (χ0v) is 13.8. The second-order valence-corrected chi connectivity index (χ2v) is 6.23. The lowest BCUT2D eigenvalue weighted by molar-refractivity contribution is -0.131. The fraction of sp³-hybridized carbons (Fsp3) is 0.333. The molecule has 3 rings (SSSR count). The van der Waals surface area contributed by atoms with Gasteiger partial charge in [0.2, 0.25) is 5.91 Å². The van der Waals surface area contributed by atoms with E-state index in [-0.39, 0.29) is 24.1 Å². The Balaban J connectivity index is 1.81. The van der Waals surface area contributed by atoms with Crippen LogP contribution in [0.5, 0.6) is 0 Å². The Kier molecular flexibility index (Phi) is 4.42. The van der Waals surface area contributed by atoms with Crippen LogP contribution in [0.3, 0.4) is 0 Å². The predicted molar refractivity (Wildman–Crippen MR) is 84.9 cm³/mol.